The standard InChI is InChI=1S/C25H16N4O2/c30-21-12-5-8-17-16-7-1-2-11-20(16)29-15-23(28-25(29)24(17)21)31-22-13-6-10-19(27-22)18-9-3-4-14-26-18/h1-15,30H. The first-order valence-electron chi connectivity index (χ1n) is 9.86. The Bertz CT molecular complexity index is 1580. The van der Waals surface area contributed by atoms with Crippen molar-refractivity contribution in [2.75, 3.05) is 0 Å². The van der Waals surface area contributed by atoms with Gasteiger partial charge in [0.1, 0.15) is 5.75 Å². The minimum Gasteiger partial charge on any atom is -0.507 e. The number of fused-ring (bicyclic) bond motifs is 6. The van der Waals surface area contributed by atoms with Gasteiger partial charge in [0.25, 0.3) is 0 Å². The van der Waals surface area contributed by atoms with Gasteiger partial charge >= 0.3 is 0 Å². The maximum Gasteiger partial charge on any atom is 0.240 e. The fraction of sp³-hybridized carbons (Fsp3) is 0. The van der Waals surface area contributed by atoms with E-state index in [0.29, 0.717) is 22.8 Å². The molecule has 0 amide bonds. The molecular formula is C25H16N4O2. The van der Waals surface area contributed by atoms with E-state index in [0.717, 1.165) is 27.7 Å². The fourth-order valence-corrected chi connectivity index (χ4v) is 3.91. The monoisotopic (exact) mass is 404 g/mol. The lowest BCUT2D eigenvalue weighted by molar-refractivity contribution is 0.448. The molecule has 0 atom stereocenters. The van der Waals surface area contributed by atoms with E-state index < -0.39 is 0 Å². The van der Waals surface area contributed by atoms with Crippen molar-refractivity contribution >= 4 is 27.3 Å². The average Bonchev–Trinajstić information content (AvgIpc) is 3.23. The van der Waals surface area contributed by atoms with E-state index in [1.807, 2.05) is 77.3 Å². The zero-order valence-corrected chi connectivity index (χ0v) is 16.3. The largest absolute Gasteiger partial charge is 0.507 e. The summed E-state index contributed by atoms with van der Waals surface area (Å²) in [5.74, 6) is 0.997. The third-order valence-electron chi connectivity index (χ3n) is 5.26. The summed E-state index contributed by atoms with van der Waals surface area (Å²) < 4.78 is 7.95. The summed E-state index contributed by atoms with van der Waals surface area (Å²) >= 11 is 0. The summed E-state index contributed by atoms with van der Waals surface area (Å²) in [6, 6.07) is 24.8. The molecule has 0 saturated heterocycles. The van der Waals surface area contributed by atoms with Crippen molar-refractivity contribution in [2.24, 2.45) is 0 Å². The molecule has 0 fully saturated rings. The maximum absolute atomic E-state index is 10.6. The van der Waals surface area contributed by atoms with Crippen molar-refractivity contribution in [3.05, 3.63) is 91.3 Å². The zero-order valence-electron chi connectivity index (χ0n) is 16.3. The smallest absolute Gasteiger partial charge is 0.240 e. The lowest BCUT2D eigenvalue weighted by atomic mass is 10.1. The Labute approximate surface area is 177 Å². The van der Waals surface area contributed by atoms with Gasteiger partial charge in [-0.1, -0.05) is 42.5 Å². The number of pyridine rings is 3. The molecule has 0 aliphatic carbocycles. The number of phenols is 1. The molecule has 0 unspecified atom stereocenters. The molecule has 6 nitrogen and oxygen atoms in total. The number of rotatable bonds is 3. The molecule has 0 radical (unpaired) electrons. The number of para-hydroxylation sites is 1. The number of hydrogen-bond acceptors (Lipinski definition) is 5. The molecule has 6 rings (SSSR count). The number of aromatic nitrogens is 4. The summed E-state index contributed by atoms with van der Waals surface area (Å²) in [5.41, 5.74) is 3.09. The van der Waals surface area contributed by atoms with E-state index in [1.165, 1.54) is 0 Å². The molecule has 0 bridgehead atoms. The van der Waals surface area contributed by atoms with Gasteiger partial charge in [0.2, 0.25) is 11.8 Å². The van der Waals surface area contributed by atoms with Crippen molar-refractivity contribution in [2.45, 2.75) is 0 Å². The van der Waals surface area contributed by atoms with Crippen LogP contribution in [0.1, 0.15) is 0 Å². The Morgan fingerprint density at radius 1 is 0.710 bits per heavy atom. The van der Waals surface area contributed by atoms with Gasteiger partial charge in [-0.3, -0.25) is 9.38 Å². The second-order valence-corrected chi connectivity index (χ2v) is 7.17. The summed E-state index contributed by atoms with van der Waals surface area (Å²) in [6.07, 6.45) is 3.55. The van der Waals surface area contributed by atoms with Gasteiger partial charge in [-0.25, -0.2) is 4.98 Å². The summed E-state index contributed by atoms with van der Waals surface area (Å²) in [4.78, 5) is 13.6. The van der Waals surface area contributed by atoms with Crippen molar-refractivity contribution in [1.29, 1.82) is 0 Å². The first-order chi connectivity index (χ1) is 15.3. The molecule has 0 aliphatic heterocycles. The highest BCUT2D eigenvalue weighted by Gasteiger charge is 2.15. The van der Waals surface area contributed by atoms with E-state index >= 15 is 0 Å². The van der Waals surface area contributed by atoms with Crippen LogP contribution >= 0.6 is 0 Å². The number of ether oxygens (including phenoxy) is 1. The Kier molecular flexibility index (Phi) is 3.83. The molecule has 6 heteroatoms. The number of aromatic hydroxyl groups is 1. The highest BCUT2D eigenvalue weighted by atomic mass is 16.5. The van der Waals surface area contributed by atoms with E-state index in [4.69, 9.17) is 4.74 Å². The highest BCUT2D eigenvalue weighted by Crippen LogP contribution is 2.36. The molecule has 148 valence electrons. The van der Waals surface area contributed by atoms with Crippen molar-refractivity contribution in [3.63, 3.8) is 0 Å². The van der Waals surface area contributed by atoms with Crippen LogP contribution in [0, 0.1) is 0 Å². The lowest BCUT2D eigenvalue weighted by Gasteiger charge is -2.08. The van der Waals surface area contributed by atoms with Gasteiger partial charge in [0, 0.05) is 17.6 Å². The molecule has 1 N–H and O–H groups in total. The molecule has 4 aromatic heterocycles. The van der Waals surface area contributed by atoms with Crippen LogP contribution in [-0.2, 0) is 0 Å². The first-order valence-corrected chi connectivity index (χ1v) is 9.86. The third-order valence-corrected chi connectivity index (χ3v) is 5.26. The van der Waals surface area contributed by atoms with E-state index in [-0.39, 0.29) is 5.75 Å². The predicted octanol–water partition coefficient (Wildman–Crippen LogP) is 5.60. The zero-order chi connectivity index (χ0) is 20.8. The third kappa shape index (κ3) is 2.85. The van der Waals surface area contributed by atoms with Gasteiger partial charge in [-0.2, -0.15) is 4.98 Å². The van der Waals surface area contributed by atoms with Crippen LogP contribution in [0.5, 0.6) is 17.5 Å². The van der Waals surface area contributed by atoms with Crippen molar-refractivity contribution < 1.29 is 9.84 Å². The summed E-state index contributed by atoms with van der Waals surface area (Å²) in [6.45, 7) is 0. The van der Waals surface area contributed by atoms with Crippen LogP contribution in [0.4, 0.5) is 0 Å². The normalized spacial score (nSPS) is 11.4. The summed E-state index contributed by atoms with van der Waals surface area (Å²) in [7, 11) is 0. The Morgan fingerprint density at radius 2 is 1.52 bits per heavy atom. The predicted molar refractivity (Wildman–Crippen MR) is 119 cm³/mol. The molecule has 6 aromatic rings. The molecule has 2 aromatic carbocycles. The number of hydrogen-bond donors (Lipinski definition) is 1. The van der Waals surface area contributed by atoms with Crippen LogP contribution < -0.4 is 4.74 Å². The minimum atomic E-state index is 0.181. The quantitative estimate of drug-likeness (QED) is 0.389. The summed E-state index contributed by atoms with van der Waals surface area (Å²) in [5, 5.41) is 13.2. The Balaban J connectivity index is 1.51. The van der Waals surface area contributed by atoms with Crippen LogP contribution in [0.2, 0.25) is 0 Å². The number of imidazole rings is 1. The second-order valence-electron chi connectivity index (χ2n) is 7.17. The Hall–Kier alpha value is -4.45. The van der Waals surface area contributed by atoms with Gasteiger partial charge in [-0.05, 0) is 35.7 Å². The van der Waals surface area contributed by atoms with Crippen molar-refractivity contribution in [1.82, 2.24) is 19.4 Å². The Morgan fingerprint density at radius 3 is 2.42 bits per heavy atom. The van der Waals surface area contributed by atoms with Crippen molar-refractivity contribution in [3.8, 4) is 28.9 Å². The van der Waals surface area contributed by atoms with Crippen LogP contribution in [0.25, 0.3) is 38.7 Å². The van der Waals surface area contributed by atoms with E-state index in [1.54, 1.807) is 18.3 Å². The fourth-order valence-electron chi connectivity index (χ4n) is 3.91. The van der Waals surface area contributed by atoms with Gasteiger partial charge in [0.15, 0.2) is 5.65 Å². The SMILES string of the molecule is Oc1cccc2c3ccccc3n3cc(Oc4cccc(-c5ccccn5)n4)nc3c12. The van der Waals surface area contributed by atoms with Crippen LogP contribution in [0.15, 0.2) is 91.3 Å². The van der Waals surface area contributed by atoms with Gasteiger partial charge < -0.3 is 9.84 Å². The second kappa shape index (κ2) is 6.81. The minimum absolute atomic E-state index is 0.181. The topological polar surface area (TPSA) is 72.5 Å². The van der Waals surface area contributed by atoms with Gasteiger partial charge in [0.05, 0.1) is 28.5 Å². The molecule has 0 aliphatic rings. The molecular weight excluding hydrogens is 388 g/mol. The molecule has 4 heterocycles. The number of phenolic OH excluding ortho intramolecular Hbond substituents is 1. The van der Waals surface area contributed by atoms with E-state index in [2.05, 4.69) is 15.0 Å². The molecule has 31 heavy (non-hydrogen) atoms. The highest BCUT2D eigenvalue weighted by molar-refractivity contribution is 6.13. The first kappa shape index (κ1) is 17.4. The van der Waals surface area contributed by atoms with Crippen LogP contribution in [0.3, 0.4) is 0 Å². The van der Waals surface area contributed by atoms with Gasteiger partial charge in [-0.15, -0.1) is 0 Å². The number of nitrogens with zero attached hydrogens (tertiary/aromatic N) is 4. The van der Waals surface area contributed by atoms with E-state index in [9.17, 15) is 5.11 Å². The average molecular weight is 404 g/mol. The molecule has 0 spiro atoms. The van der Waals surface area contributed by atoms with Crippen LogP contribution in [-0.4, -0.2) is 24.5 Å². The maximum atomic E-state index is 10.6. The molecule has 0 saturated carbocycles. The lowest BCUT2D eigenvalue weighted by Crippen LogP contribution is -1.91. The number of benzene rings is 2.